The highest BCUT2D eigenvalue weighted by Gasteiger charge is 1.97. The van der Waals surface area contributed by atoms with Crippen LogP contribution in [0.15, 0.2) is 6.20 Å². The van der Waals surface area contributed by atoms with E-state index in [0.29, 0.717) is 0 Å². The number of hydrogen-bond donors (Lipinski definition) is 0. The molecular formula is C6H11N4. The summed E-state index contributed by atoms with van der Waals surface area (Å²) >= 11 is 0. The summed E-state index contributed by atoms with van der Waals surface area (Å²) in [7, 11) is 0. The van der Waals surface area contributed by atoms with E-state index in [1.165, 1.54) is 0 Å². The van der Waals surface area contributed by atoms with Gasteiger partial charge in [0.15, 0.2) is 0 Å². The molecule has 0 aliphatic heterocycles. The Balaban J connectivity index is 2.64. The van der Waals surface area contributed by atoms with Crippen molar-refractivity contribution < 1.29 is 0 Å². The van der Waals surface area contributed by atoms with Crippen LogP contribution in [-0.2, 0) is 0 Å². The molecule has 0 saturated carbocycles. The van der Waals surface area contributed by atoms with Gasteiger partial charge in [0.1, 0.15) is 6.20 Å². The zero-order valence-corrected chi connectivity index (χ0v) is 6.28. The maximum atomic E-state index is 3.80. The van der Waals surface area contributed by atoms with Crippen LogP contribution in [0.5, 0.6) is 0 Å². The lowest BCUT2D eigenvalue weighted by molar-refractivity contribution is 0.538. The third kappa shape index (κ3) is 1.26. The molecule has 0 spiro atoms. The summed E-state index contributed by atoms with van der Waals surface area (Å²) < 4.78 is 0. The molecule has 1 rings (SSSR count). The first-order chi connectivity index (χ1) is 4.88. The van der Waals surface area contributed by atoms with Crippen molar-refractivity contribution in [2.45, 2.75) is 13.8 Å². The van der Waals surface area contributed by atoms with E-state index >= 15 is 0 Å². The molecule has 4 heteroatoms. The molecule has 10 heavy (non-hydrogen) atoms. The summed E-state index contributed by atoms with van der Waals surface area (Å²) in [5.74, 6) is 0. The standard InChI is InChI=1S/C6H11N4/c1-3-9(4-2)10-6-5-7-8-10/h6H,3-4H2,1-2H3. The lowest BCUT2D eigenvalue weighted by atomic mass is 10.6. The first-order valence-electron chi connectivity index (χ1n) is 3.42. The van der Waals surface area contributed by atoms with Crippen LogP contribution >= 0.6 is 0 Å². The molecule has 1 aromatic heterocycles. The Bertz CT molecular complexity index is 166. The number of nitrogens with zero attached hydrogens (tertiary/aromatic N) is 4. The van der Waals surface area contributed by atoms with Crippen molar-refractivity contribution in [3.8, 4) is 0 Å². The van der Waals surface area contributed by atoms with E-state index in [9.17, 15) is 0 Å². The predicted molar refractivity (Wildman–Crippen MR) is 38.2 cm³/mol. The Kier molecular flexibility index (Phi) is 2.25. The Labute approximate surface area is 60.4 Å². The Morgan fingerprint density at radius 2 is 2.20 bits per heavy atom. The van der Waals surface area contributed by atoms with Crippen LogP contribution < -0.4 is 5.01 Å². The first-order valence-corrected chi connectivity index (χ1v) is 3.42. The second kappa shape index (κ2) is 3.20. The van der Waals surface area contributed by atoms with Crippen LogP contribution in [0.4, 0.5) is 0 Å². The topological polar surface area (TPSA) is 34.0 Å². The molecule has 0 unspecified atom stereocenters. The lowest BCUT2D eigenvalue weighted by Gasteiger charge is -2.18. The van der Waals surface area contributed by atoms with Gasteiger partial charge in [0.25, 0.3) is 0 Å². The van der Waals surface area contributed by atoms with Crippen molar-refractivity contribution in [3.05, 3.63) is 12.4 Å². The van der Waals surface area contributed by atoms with E-state index in [4.69, 9.17) is 0 Å². The quantitative estimate of drug-likeness (QED) is 0.593. The second-order valence-electron chi connectivity index (χ2n) is 1.91. The summed E-state index contributed by atoms with van der Waals surface area (Å²) in [4.78, 5) is 1.69. The van der Waals surface area contributed by atoms with Crippen molar-refractivity contribution in [3.63, 3.8) is 0 Å². The van der Waals surface area contributed by atoms with E-state index in [1.807, 2.05) is 5.01 Å². The van der Waals surface area contributed by atoms with Gasteiger partial charge >= 0.3 is 0 Å². The Morgan fingerprint density at radius 3 is 2.60 bits per heavy atom. The molecule has 0 aromatic carbocycles. The fourth-order valence-electron chi connectivity index (χ4n) is 0.827. The highest BCUT2D eigenvalue weighted by Crippen LogP contribution is 1.84. The highest BCUT2D eigenvalue weighted by atomic mass is 15.7. The first kappa shape index (κ1) is 7.05. The van der Waals surface area contributed by atoms with Gasteiger partial charge in [-0.25, -0.2) is 0 Å². The molecule has 55 valence electrons. The van der Waals surface area contributed by atoms with Gasteiger partial charge in [0.05, 0.1) is 6.20 Å². The van der Waals surface area contributed by atoms with Crippen LogP contribution in [0.1, 0.15) is 13.8 Å². The third-order valence-corrected chi connectivity index (χ3v) is 1.39. The van der Waals surface area contributed by atoms with Crippen molar-refractivity contribution in [1.82, 2.24) is 15.1 Å². The molecular weight excluding hydrogens is 128 g/mol. The van der Waals surface area contributed by atoms with Gasteiger partial charge in [-0.3, -0.25) is 5.01 Å². The zero-order chi connectivity index (χ0) is 7.40. The van der Waals surface area contributed by atoms with Crippen molar-refractivity contribution in [1.29, 1.82) is 0 Å². The zero-order valence-electron chi connectivity index (χ0n) is 6.28. The van der Waals surface area contributed by atoms with Crippen LogP contribution in [0.2, 0.25) is 0 Å². The van der Waals surface area contributed by atoms with E-state index in [1.54, 1.807) is 11.0 Å². The fraction of sp³-hybridized carbons (Fsp3) is 0.667. The minimum atomic E-state index is 0.938. The maximum Gasteiger partial charge on any atom is 0.137 e. The molecule has 0 amide bonds. The van der Waals surface area contributed by atoms with Gasteiger partial charge in [-0.15, -0.1) is 5.10 Å². The van der Waals surface area contributed by atoms with Crippen molar-refractivity contribution >= 4 is 0 Å². The van der Waals surface area contributed by atoms with Gasteiger partial charge in [-0.05, 0) is 19.1 Å². The van der Waals surface area contributed by atoms with E-state index < -0.39 is 0 Å². The normalized spacial score (nSPS) is 9.80. The molecule has 0 fully saturated rings. The van der Waals surface area contributed by atoms with Gasteiger partial charge in [-0.2, -0.15) is 4.79 Å². The van der Waals surface area contributed by atoms with Crippen LogP contribution in [0, 0.1) is 6.20 Å². The van der Waals surface area contributed by atoms with Crippen LogP contribution in [0.3, 0.4) is 0 Å². The molecule has 0 saturated heterocycles. The smallest absolute Gasteiger partial charge is 0.137 e. The minimum absolute atomic E-state index is 0.938. The van der Waals surface area contributed by atoms with Crippen LogP contribution in [0.25, 0.3) is 0 Å². The molecule has 1 radical (unpaired) electrons. The molecule has 0 aliphatic rings. The van der Waals surface area contributed by atoms with Gasteiger partial charge in [-0.1, -0.05) is 0 Å². The lowest BCUT2D eigenvalue weighted by Crippen LogP contribution is -2.34. The monoisotopic (exact) mass is 139 g/mol. The molecule has 0 bridgehead atoms. The number of hydrogen-bond acceptors (Lipinski definition) is 3. The summed E-state index contributed by atoms with van der Waals surface area (Å²) in [6, 6.07) is 0. The van der Waals surface area contributed by atoms with Crippen molar-refractivity contribution in [2.24, 2.45) is 0 Å². The van der Waals surface area contributed by atoms with E-state index in [2.05, 4.69) is 30.4 Å². The van der Waals surface area contributed by atoms with Gasteiger partial charge < -0.3 is 0 Å². The SMILES string of the molecule is CCN(CC)n1c[c]nn1. The van der Waals surface area contributed by atoms with Gasteiger partial charge in [0.2, 0.25) is 0 Å². The second-order valence-corrected chi connectivity index (χ2v) is 1.91. The summed E-state index contributed by atoms with van der Waals surface area (Å²) in [5.41, 5.74) is 0. The average Bonchev–Trinajstić information content (AvgIpc) is 2.43. The molecule has 1 aromatic rings. The Morgan fingerprint density at radius 1 is 1.50 bits per heavy atom. The molecule has 0 aliphatic carbocycles. The average molecular weight is 139 g/mol. The summed E-state index contributed by atoms with van der Waals surface area (Å²) in [6.45, 7) is 6.03. The molecule has 4 nitrogen and oxygen atoms in total. The van der Waals surface area contributed by atoms with Crippen LogP contribution in [-0.4, -0.2) is 28.2 Å². The summed E-state index contributed by atoms with van der Waals surface area (Å²) in [6.07, 6.45) is 4.35. The third-order valence-electron chi connectivity index (χ3n) is 1.39. The summed E-state index contributed by atoms with van der Waals surface area (Å²) in [5, 5.41) is 9.43. The molecule has 0 atom stereocenters. The van der Waals surface area contributed by atoms with E-state index in [0.717, 1.165) is 13.1 Å². The van der Waals surface area contributed by atoms with E-state index in [-0.39, 0.29) is 0 Å². The largest absolute Gasteiger partial charge is 0.296 e. The molecule has 1 heterocycles. The number of aromatic nitrogens is 3. The highest BCUT2D eigenvalue weighted by molar-refractivity contribution is 4.78. The number of rotatable bonds is 3. The minimum Gasteiger partial charge on any atom is -0.296 e. The predicted octanol–water partition coefficient (Wildman–Crippen LogP) is 0.0561. The maximum absolute atomic E-state index is 3.80. The Hall–Kier alpha value is -1.06. The van der Waals surface area contributed by atoms with Gasteiger partial charge in [0, 0.05) is 13.1 Å². The molecule has 0 N–H and O–H groups in total. The fourth-order valence-corrected chi connectivity index (χ4v) is 0.827. The van der Waals surface area contributed by atoms with Crippen molar-refractivity contribution in [2.75, 3.05) is 18.1 Å².